The van der Waals surface area contributed by atoms with Crippen molar-refractivity contribution in [3.05, 3.63) is 66.1 Å². The predicted octanol–water partition coefficient (Wildman–Crippen LogP) is 3.99. The summed E-state index contributed by atoms with van der Waals surface area (Å²) >= 11 is 0. The number of carbonyl (C=O) groups excluding carboxylic acids is 1. The van der Waals surface area contributed by atoms with Gasteiger partial charge in [0.15, 0.2) is 5.82 Å². The van der Waals surface area contributed by atoms with E-state index in [2.05, 4.69) is 6.92 Å². The molecule has 0 N–H and O–H groups in total. The van der Waals surface area contributed by atoms with Gasteiger partial charge in [-0.05, 0) is 57.4 Å². The molecule has 5 heteroatoms. The summed E-state index contributed by atoms with van der Waals surface area (Å²) in [5, 5.41) is 4.73. The van der Waals surface area contributed by atoms with Crippen molar-refractivity contribution in [3.8, 4) is 11.5 Å². The molecule has 26 heavy (non-hydrogen) atoms. The Bertz CT molecular complexity index is 896. The van der Waals surface area contributed by atoms with Gasteiger partial charge in [-0.3, -0.25) is 4.79 Å². The minimum atomic E-state index is 0.0839. The van der Waals surface area contributed by atoms with Crippen molar-refractivity contribution in [2.45, 2.75) is 39.2 Å². The normalized spacial score (nSPS) is 17.5. The van der Waals surface area contributed by atoms with E-state index in [0.29, 0.717) is 5.56 Å². The van der Waals surface area contributed by atoms with Gasteiger partial charge in [0.05, 0.1) is 11.4 Å². The van der Waals surface area contributed by atoms with E-state index in [9.17, 15) is 4.79 Å². The van der Waals surface area contributed by atoms with E-state index < -0.39 is 0 Å². The smallest absolute Gasteiger partial charge is 0.259 e. The van der Waals surface area contributed by atoms with Crippen LogP contribution in [0.15, 0.2) is 54.9 Å². The molecule has 134 valence electrons. The zero-order valence-corrected chi connectivity index (χ0v) is 15.3. The van der Waals surface area contributed by atoms with Crippen LogP contribution in [0.3, 0.4) is 0 Å². The van der Waals surface area contributed by atoms with Crippen LogP contribution in [0.25, 0.3) is 11.5 Å². The van der Waals surface area contributed by atoms with Crippen molar-refractivity contribution < 1.29 is 4.79 Å². The lowest BCUT2D eigenvalue weighted by Gasteiger charge is -2.33. The first kappa shape index (κ1) is 16.6. The third-order valence-corrected chi connectivity index (χ3v) is 5.16. The van der Waals surface area contributed by atoms with Crippen LogP contribution in [0.2, 0.25) is 0 Å². The number of aromatic nitrogens is 3. The SMILES string of the molecule is Cc1nn(-c2ccccc2)c(-n2cccc2)c1C(=O)N1CCCC[C@H]1C. The lowest BCUT2D eigenvalue weighted by molar-refractivity contribution is 0.0635. The standard InChI is InChI=1S/C21H24N4O/c1-16-10-6-7-15-24(16)21(26)19-17(2)22-25(18-11-4-3-5-12-18)20(19)23-13-8-9-14-23/h3-5,8-9,11-14,16H,6-7,10,15H2,1-2H3/t16-/m1/s1. The third-order valence-electron chi connectivity index (χ3n) is 5.16. The molecule has 4 rings (SSSR count). The predicted molar refractivity (Wildman–Crippen MR) is 102 cm³/mol. The van der Waals surface area contributed by atoms with E-state index in [1.807, 2.05) is 75.9 Å². The summed E-state index contributed by atoms with van der Waals surface area (Å²) in [6, 6.07) is 14.2. The van der Waals surface area contributed by atoms with Crippen molar-refractivity contribution in [2.75, 3.05) is 6.54 Å². The fraction of sp³-hybridized carbons (Fsp3) is 0.333. The second-order valence-electron chi connectivity index (χ2n) is 6.97. The Morgan fingerprint density at radius 3 is 2.50 bits per heavy atom. The monoisotopic (exact) mass is 348 g/mol. The molecule has 1 amide bonds. The Hall–Kier alpha value is -2.82. The maximum atomic E-state index is 13.5. The van der Waals surface area contributed by atoms with Crippen LogP contribution in [0.5, 0.6) is 0 Å². The van der Waals surface area contributed by atoms with Crippen molar-refractivity contribution in [3.63, 3.8) is 0 Å². The molecule has 0 saturated carbocycles. The molecule has 0 spiro atoms. The molecule has 1 aliphatic rings. The molecule has 0 aliphatic carbocycles. The number of benzene rings is 1. The topological polar surface area (TPSA) is 43.1 Å². The molecule has 1 saturated heterocycles. The Morgan fingerprint density at radius 1 is 1.08 bits per heavy atom. The van der Waals surface area contributed by atoms with Crippen LogP contribution >= 0.6 is 0 Å². The second kappa shape index (κ2) is 6.83. The summed E-state index contributed by atoms with van der Waals surface area (Å²) in [5.41, 5.74) is 2.41. The van der Waals surface area contributed by atoms with Gasteiger partial charge in [-0.1, -0.05) is 18.2 Å². The number of para-hydroxylation sites is 1. The van der Waals surface area contributed by atoms with Crippen molar-refractivity contribution in [1.29, 1.82) is 0 Å². The van der Waals surface area contributed by atoms with Crippen molar-refractivity contribution in [1.82, 2.24) is 19.2 Å². The number of aryl methyl sites for hydroxylation is 1. The maximum absolute atomic E-state index is 13.5. The molecule has 0 unspecified atom stereocenters. The van der Waals surface area contributed by atoms with E-state index in [1.54, 1.807) is 0 Å². The van der Waals surface area contributed by atoms with Gasteiger partial charge in [0.2, 0.25) is 0 Å². The Balaban J connectivity index is 1.87. The molecule has 1 aromatic carbocycles. The molecule has 3 aromatic rings. The fourth-order valence-electron chi connectivity index (χ4n) is 3.77. The molecule has 1 aliphatic heterocycles. The lowest BCUT2D eigenvalue weighted by atomic mass is 10.0. The molecule has 0 bridgehead atoms. The van der Waals surface area contributed by atoms with E-state index in [4.69, 9.17) is 5.10 Å². The first-order valence-electron chi connectivity index (χ1n) is 9.26. The zero-order valence-electron chi connectivity index (χ0n) is 15.3. The first-order chi connectivity index (χ1) is 12.7. The first-order valence-corrected chi connectivity index (χ1v) is 9.26. The highest BCUT2D eigenvalue weighted by molar-refractivity contribution is 5.99. The quantitative estimate of drug-likeness (QED) is 0.718. The van der Waals surface area contributed by atoms with Gasteiger partial charge < -0.3 is 9.47 Å². The van der Waals surface area contributed by atoms with Gasteiger partial charge in [0.1, 0.15) is 5.56 Å². The van der Waals surface area contributed by atoms with E-state index >= 15 is 0 Å². The van der Waals surface area contributed by atoms with Crippen LogP contribution < -0.4 is 0 Å². The maximum Gasteiger partial charge on any atom is 0.259 e. The Labute approximate surface area is 153 Å². The fourth-order valence-corrected chi connectivity index (χ4v) is 3.77. The molecular formula is C21H24N4O. The highest BCUT2D eigenvalue weighted by atomic mass is 16.2. The number of rotatable bonds is 3. The van der Waals surface area contributed by atoms with Crippen LogP contribution in [-0.2, 0) is 0 Å². The number of hydrogen-bond donors (Lipinski definition) is 0. The zero-order chi connectivity index (χ0) is 18.1. The summed E-state index contributed by atoms with van der Waals surface area (Å²) in [7, 11) is 0. The van der Waals surface area contributed by atoms with Crippen LogP contribution in [-0.4, -0.2) is 37.7 Å². The van der Waals surface area contributed by atoms with Crippen LogP contribution in [0, 0.1) is 6.92 Å². The Kier molecular flexibility index (Phi) is 4.37. The number of amides is 1. The summed E-state index contributed by atoms with van der Waals surface area (Å²) in [5.74, 6) is 0.891. The number of nitrogens with zero attached hydrogens (tertiary/aromatic N) is 4. The molecule has 0 radical (unpaired) electrons. The van der Waals surface area contributed by atoms with Gasteiger partial charge in [0, 0.05) is 25.0 Å². The largest absolute Gasteiger partial charge is 0.336 e. The molecule has 1 fully saturated rings. The average Bonchev–Trinajstić information content (AvgIpc) is 3.30. The molecule has 1 atom stereocenters. The summed E-state index contributed by atoms with van der Waals surface area (Å²) in [4.78, 5) is 15.5. The number of piperidine rings is 1. The molecule has 3 heterocycles. The number of hydrogen-bond acceptors (Lipinski definition) is 2. The third kappa shape index (κ3) is 2.83. The molecule has 5 nitrogen and oxygen atoms in total. The molecule has 2 aromatic heterocycles. The van der Waals surface area contributed by atoms with Gasteiger partial charge in [-0.2, -0.15) is 5.10 Å². The average molecular weight is 348 g/mol. The number of carbonyl (C=O) groups is 1. The van der Waals surface area contributed by atoms with E-state index in [0.717, 1.165) is 36.6 Å². The van der Waals surface area contributed by atoms with Crippen LogP contribution in [0.1, 0.15) is 42.2 Å². The number of likely N-dealkylation sites (tertiary alicyclic amines) is 1. The van der Waals surface area contributed by atoms with Gasteiger partial charge in [-0.15, -0.1) is 0 Å². The van der Waals surface area contributed by atoms with E-state index in [-0.39, 0.29) is 11.9 Å². The Morgan fingerprint density at radius 2 is 1.81 bits per heavy atom. The summed E-state index contributed by atoms with van der Waals surface area (Å²) in [6.45, 7) is 4.89. The summed E-state index contributed by atoms with van der Waals surface area (Å²) in [6.07, 6.45) is 7.26. The van der Waals surface area contributed by atoms with Crippen molar-refractivity contribution in [2.24, 2.45) is 0 Å². The van der Waals surface area contributed by atoms with Crippen LogP contribution in [0.4, 0.5) is 0 Å². The highest BCUT2D eigenvalue weighted by Crippen LogP contribution is 2.27. The van der Waals surface area contributed by atoms with Crippen molar-refractivity contribution >= 4 is 5.91 Å². The minimum Gasteiger partial charge on any atom is -0.336 e. The van der Waals surface area contributed by atoms with Gasteiger partial charge in [-0.25, -0.2) is 4.68 Å². The minimum absolute atomic E-state index is 0.0839. The second-order valence-corrected chi connectivity index (χ2v) is 6.97. The summed E-state index contributed by atoms with van der Waals surface area (Å²) < 4.78 is 3.85. The van der Waals surface area contributed by atoms with Gasteiger partial charge >= 0.3 is 0 Å². The van der Waals surface area contributed by atoms with Gasteiger partial charge in [0.25, 0.3) is 5.91 Å². The van der Waals surface area contributed by atoms with E-state index in [1.165, 1.54) is 6.42 Å². The highest BCUT2D eigenvalue weighted by Gasteiger charge is 2.30. The molecular weight excluding hydrogens is 324 g/mol. The lowest BCUT2D eigenvalue weighted by Crippen LogP contribution is -2.42.